The predicted molar refractivity (Wildman–Crippen MR) is 93.8 cm³/mol. The van der Waals surface area contributed by atoms with Crippen molar-refractivity contribution in [3.05, 3.63) is 35.9 Å². The number of carboxylic acid groups (broad SMARTS) is 1. The molecule has 1 saturated heterocycles. The fraction of sp³-hybridized carbons (Fsp3) is 0.526. The normalized spacial score (nSPS) is 18.2. The molecule has 2 rings (SSSR count). The van der Waals surface area contributed by atoms with Gasteiger partial charge in [-0.3, -0.25) is 14.4 Å². The van der Waals surface area contributed by atoms with Crippen molar-refractivity contribution in [1.29, 1.82) is 0 Å². The Labute approximate surface area is 148 Å². The second-order valence-electron chi connectivity index (χ2n) is 6.53. The van der Waals surface area contributed by atoms with Gasteiger partial charge >= 0.3 is 5.97 Å². The molecule has 0 aliphatic carbocycles. The number of amides is 2. The van der Waals surface area contributed by atoms with Crippen LogP contribution in [0.4, 0.5) is 0 Å². The predicted octanol–water partition coefficient (Wildman–Crippen LogP) is 2.36. The fourth-order valence-corrected chi connectivity index (χ4v) is 3.13. The van der Waals surface area contributed by atoms with Crippen molar-refractivity contribution in [3.63, 3.8) is 0 Å². The number of nitrogens with zero attached hydrogens (tertiary/aromatic N) is 1. The van der Waals surface area contributed by atoms with Crippen LogP contribution in [0.15, 0.2) is 30.3 Å². The number of nitrogens with one attached hydrogen (secondary N) is 1. The van der Waals surface area contributed by atoms with Crippen molar-refractivity contribution in [3.8, 4) is 0 Å². The van der Waals surface area contributed by atoms with Gasteiger partial charge in [-0.15, -0.1) is 0 Å². The number of hydrogen-bond acceptors (Lipinski definition) is 3. The number of carbonyl (C=O) groups is 3. The molecule has 1 fully saturated rings. The lowest BCUT2D eigenvalue weighted by atomic mass is 10.1. The minimum absolute atomic E-state index is 0.0120. The first-order chi connectivity index (χ1) is 12.0. The van der Waals surface area contributed by atoms with Gasteiger partial charge in [0.1, 0.15) is 0 Å². The van der Waals surface area contributed by atoms with E-state index in [-0.39, 0.29) is 36.6 Å². The van der Waals surface area contributed by atoms with E-state index in [9.17, 15) is 14.4 Å². The molecule has 0 saturated carbocycles. The van der Waals surface area contributed by atoms with Gasteiger partial charge in [-0.05, 0) is 25.3 Å². The molecule has 2 N–H and O–H groups in total. The SMILES string of the molecule is CC(c1ccccc1)N1CC(C(=O)NCCCCCC(=O)O)CC1=O. The highest BCUT2D eigenvalue weighted by atomic mass is 16.4. The lowest BCUT2D eigenvalue weighted by Crippen LogP contribution is -2.34. The van der Waals surface area contributed by atoms with E-state index in [2.05, 4.69) is 5.32 Å². The molecular formula is C19H26N2O4. The number of likely N-dealkylation sites (tertiary alicyclic amines) is 1. The van der Waals surface area contributed by atoms with Crippen LogP contribution in [-0.4, -0.2) is 40.9 Å². The summed E-state index contributed by atoms with van der Waals surface area (Å²) in [6.45, 7) is 2.95. The van der Waals surface area contributed by atoms with E-state index in [1.165, 1.54) is 0 Å². The van der Waals surface area contributed by atoms with E-state index in [1.807, 2.05) is 37.3 Å². The summed E-state index contributed by atoms with van der Waals surface area (Å²) in [5.41, 5.74) is 1.07. The number of aliphatic carboxylic acids is 1. The molecule has 0 bridgehead atoms. The highest BCUT2D eigenvalue weighted by Gasteiger charge is 2.36. The molecule has 136 valence electrons. The first-order valence-electron chi connectivity index (χ1n) is 8.83. The number of benzene rings is 1. The molecule has 1 aromatic carbocycles. The van der Waals surface area contributed by atoms with Crippen molar-refractivity contribution < 1.29 is 19.5 Å². The van der Waals surface area contributed by atoms with E-state index in [0.717, 1.165) is 18.4 Å². The number of hydrogen-bond donors (Lipinski definition) is 2. The van der Waals surface area contributed by atoms with Crippen LogP contribution in [0.25, 0.3) is 0 Å². The second kappa shape index (κ2) is 9.20. The summed E-state index contributed by atoms with van der Waals surface area (Å²) in [5, 5.41) is 11.4. The van der Waals surface area contributed by atoms with E-state index >= 15 is 0 Å². The minimum atomic E-state index is -0.791. The van der Waals surface area contributed by atoms with E-state index in [1.54, 1.807) is 4.90 Å². The van der Waals surface area contributed by atoms with E-state index in [0.29, 0.717) is 19.5 Å². The third kappa shape index (κ3) is 5.59. The van der Waals surface area contributed by atoms with Gasteiger partial charge in [0.05, 0.1) is 12.0 Å². The van der Waals surface area contributed by atoms with Crippen molar-refractivity contribution in [2.24, 2.45) is 5.92 Å². The Kier molecular flexibility index (Phi) is 6.98. The van der Waals surface area contributed by atoms with Gasteiger partial charge in [0, 0.05) is 25.9 Å². The van der Waals surface area contributed by atoms with Crippen molar-refractivity contribution in [2.75, 3.05) is 13.1 Å². The second-order valence-corrected chi connectivity index (χ2v) is 6.53. The van der Waals surface area contributed by atoms with Crippen LogP contribution in [0.3, 0.4) is 0 Å². The highest BCUT2D eigenvalue weighted by Crippen LogP contribution is 2.28. The average Bonchev–Trinajstić information content (AvgIpc) is 2.99. The van der Waals surface area contributed by atoms with Crippen molar-refractivity contribution in [1.82, 2.24) is 10.2 Å². The molecule has 1 aromatic rings. The summed E-state index contributed by atoms with van der Waals surface area (Å²) in [4.78, 5) is 36.7. The van der Waals surface area contributed by atoms with Crippen molar-refractivity contribution >= 4 is 17.8 Å². The van der Waals surface area contributed by atoms with Crippen LogP contribution in [0.2, 0.25) is 0 Å². The maximum absolute atomic E-state index is 12.3. The first kappa shape index (κ1) is 19.0. The van der Waals surface area contributed by atoms with Crippen LogP contribution >= 0.6 is 0 Å². The Morgan fingerprint density at radius 1 is 1.24 bits per heavy atom. The molecule has 25 heavy (non-hydrogen) atoms. The standard InChI is InChI=1S/C19H26N2O4/c1-14(15-8-4-2-5-9-15)21-13-16(12-17(21)22)19(25)20-11-7-3-6-10-18(23)24/h2,4-5,8-9,14,16H,3,6-7,10-13H2,1H3,(H,20,25)(H,23,24). The Balaban J connectivity index is 1.75. The monoisotopic (exact) mass is 346 g/mol. The number of carboxylic acids is 1. The van der Waals surface area contributed by atoms with Gasteiger partial charge < -0.3 is 15.3 Å². The maximum atomic E-state index is 12.3. The molecule has 2 amide bonds. The molecule has 2 atom stereocenters. The minimum Gasteiger partial charge on any atom is -0.481 e. The summed E-state index contributed by atoms with van der Waals surface area (Å²) < 4.78 is 0. The summed E-state index contributed by atoms with van der Waals surface area (Å²) in [6.07, 6.45) is 2.56. The van der Waals surface area contributed by atoms with Crippen LogP contribution in [-0.2, 0) is 14.4 Å². The third-order valence-electron chi connectivity index (χ3n) is 4.65. The molecule has 1 heterocycles. The number of unbranched alkanes of at least 4 members (excludes halogenated alkanes) is 2. The number of rotatable bonds is 9. The molecule has 0 radical (unpaired) electrons. The van der Waals surface area contributed by atoms with Gasteiger partial charge in [-0.25, -0.2) is 0 Å². The zero-order chi connectivity index (χ0) is 18.2. The van der Waals surface area contributed by atoms with E-state index < -0.39 is 5.97 Å². The zero-order valence-corrected chi connectivity index (χ0v) is 14.6. The van der Waals surface area contributed by atoms with Gasteiger partial charge in [0.15, 0.2) is 0 Å². The summed E-state index contributed by atoms with van der Waals surface area (Å²) in [5.74, 6) is -1.17. The molecule has 0 aromatic heterocycles. The smallest absolute Gasteiger partial charge is 0.303 e. The Morgan fingerprint density at radius 2 is 1.96 bits per heavy atom. The maximum Gasteiger partial charge on any atom is 0.303 e. The Morgan fingerprint density at radius 3 is 2.64 bits per heavy atom. The molecule has 1 aliphatic heterocycles. The van der Waals surface area contributed by atoms with Crippen molar-refractivity contribution in [2.45, 2.75) is 45.1 Å². The largest absolute Gasteiger partial charge is 0.481 e. The zero-order valence-electron chi connectivity index (χ0n) is 14.6. The molecule has 1 aliphatic rings. The molecule has 6 nitrogen and oxygen atoms in total. The lowest BCUT2D eigenvalue weighted by Gasteiger charge is -2.25. The highest BCUT2D eigenvalue weighted by molar-refractivity contribution is 5.89. The van der Waals surface area contributed by atoms with Crippen LogP contribution < -0.4 is 5.32 Å². The molecular weight excluding hydrogens is 320 g/mol. The van der Waals surface area contributed by atoms with Crippen LogP contribution in [0.5, 0.6) is 0 Å². The topological polar surface area (TPSA) is 86.7 Å². The number of carbonyl (C=O) groups excluding carboxylic acids is 2. The lowest BCUT2D eigenvalue weighted by molar-refractivity contribution is -0.137. The van der Waals surface area contributed by atoms with Gasteiger partial charge in [-0.2, -0.15) is 0 Å². The fourth-order valence-electron chi connectivity index (χ4n) is 3.13. The van der Waals surface area contributed by atoms with Gasteiger partial charge in [0.25, 0.3) is 0 Å². The Bertz CT molecular complexity index is 603. The quantitative estimate of drug-likeness (QED) is 0.672. The molecule has 6 heteroatoms. The first-order valence-corrected chi connectivity index (χ1v) is 8.83. The summed E-state index contributed by atoms with van der Waals surface area (Å²) >= 11 is 0. The van der Waals surface area contributed by atoms with Crippen LogP contribution in [0.1, 0.15) is 50.6 Å². The Hall–Kier alpha value is -2.37. The van der Waals surface area contributed by atoms with E-state index in [4.69, 9.17) is 5.11 Å². The van der Waals surface area contributed by atoms with Crippen LogP contribution in [0, 0.1) is 5.92 Å². The van der Waals surface area contributed by atoms with Gasteiger partial charge in [0.2, 0.25) is 11.8 Å². The average molecular weight is 346 g/mol. The van der Waals surface area contributed by atoms with Gasteiger partial charge in [-0.1, -0.05) is 36.8 Å². The summed E-state index contributed by atoms with van der Waals surface area (Å²) in [7, 11) is 0. The summed E-state index contributed by atoms with van der Waals surface area (Å²) in [6, 6.07) is 9.77. The molecule has 0 spiro atoms. The molecule has 2 unspecified atom stereocenters. The third-order valence-corrected chi connectivity index (χ3v) is 4.65.